The van der Waals surface area contributed by atoms with E-state index in [4.69, 9.17) is 18.9 Å². The molecule has 5 aromatic carbocycles. The molecular formula is C91H88N14O9S6. The highest BCUT2D eigenvalue weighted by molar-refractivity contribution is 7.14. The number of nitrogens with one attached hydrogen (secondary N) is 4. The second-order valence-electron chi connectivity index (χ2n) is 27.2. The van der Waals surface area contributed by atoms with Gasteiger partial charge in [0.15, 0.2) is 29.8 Å². The van der Waals surface area contributed by atoms with Gasteiger partial charge in [-0.15, -0.1) is 68.0 Å². The molecule has 0 unspecified atom stereocenters. The van der Waals surface area contributed by atoms with Crippen LogP contribution in [-0.4, -0.2) is 95.3 Å². The van der Waals surface area contributed by atoms with Crippen LogP contribution in [-0.2, 0) is 56.7 Å². The van der Waals surface area contributed by atoms with E-state index in [1.165, 1.54) is 22.5 Å². The lowest BCUT2D eigenvalue weighted by molar-refractivity contribution is -0.121. The molecular weight excluding hydrogens is 1630 g/mol. The number of H-pyrrole nitrogens is 4. The number of carbonyl (C=O) groups is 5. The van der Waals surface area contributed by atoms with Crippen LogP contribution in [0.15, 0.2) is 276 Å². The summed E-state index contributed by atoms with van der Waals surface area (Å²) < 4.78 is 22.2. The zero-order chi connectivity index (χ0) is 83.8. The maximum absolute atomic E-state index is 12.9. The molecule has 0 radical (unpaired) electrons. The van der Waals surface area contributed by atoms with Gasteiger partial charge in [-0.3, -0.25) is 64.0 Å². The van der Waals surface area contributed by atoms with Gasteiger partial charge in [0.1, 0.15) is 29.0 Å². The summed E-state index contributed by atoms with van der Waals surface area (Å²) in [5.41, 5.74) is 9.42. The number of hydrogen-bond acceptors (Lipinski definition) is 20. The third kappa shape index (κ3) is 26.2. The minimum atomic E-state index is -0.129. The Bertz CT molecular complexity index is 5510. The van der Waals surface area contributed by atoms with Gasteiger partial charge in [-0.2, -0.15) is 20.4 Å². The normalized spacial score (nSPS) is 11.2. The topological polar surface area (TPSA) is 266 Å². The smallest absolute Gasteiger partial charge is 0.267 e. The number of rotatable bonds is 28. The lowest BCUT2D eigenvalue weighted by Crippen LogP contribution is -2.34. The Morgan fingerprint density at radius 2 is 0.850 bits per heavy atom. The molecule has 612 valence electrons. The summed E-state index contributed by atoms with van der Waals surface area (Å²) in [6.45, 7) is 15.1. The SMILES string of the molecule is Cc1ccc(/C=C/C(=O)N(Cc2cccs2)c2ccn[nH]2)cc1.Cc1ccc(/C=C/C(=O)N(Cc2cccs2)c2cn[nH]c2)cc1.Cc1ccc(C(C)C)c(OCC(=O)N(Cc2cccs2)c2ccn[nH]2)c1.Cc1ccc(OCC(=O)N(Cc2cccs2)c2nccs2)cc1.O=C(/C=C/c1ccc2c(c1)OCO2)N(Cc1cccs1)c1ccn[nH]1. The third-order valence-corrected chi connectivity index (χ3v) is 23.1. The average Bonchev–Trinajstić information content (AvgIpc) is 1.83. The van der Waals surface area contributed by atoms with Crippen molar-refractivity contribution in [1.82, 2.24) is 45.8 Å². The number of anilines is 5. The van der Waals surface area contributed by atoms with Crippen molar-refractivity contribution in [2.45, 2.75) is 80.2 Å². The molecule has 16 rings (SSSR count). The van der Waals surface area contributed by atoms with Gasteiger partial charge in [-0.05, 0) is 167 Å². The first-order valence-corrected chi connectivity index (χ1v) is 43.3. The molecule has 15 aromatic rings. The predicted molar refractivity (Wildman–Crippen MR) is 483 cm³/mol. The highest BCUT2D eigenvalue weighted by atomic mass is 32.1. The van der Waals surface area contributed by atoms with Gasteiger partial charge < -0.3 is 23.8 Å². The van der Waals surface area contributed by atoms with Crippen molar-refractivity contribution < 1.29 is 42.9 Å². The maximum Gasteiger partial charge on any atom is 0.267 e. The highest BCUT2D eigenvalue weighted by Crippen LogP contribution is 2.34. The number of thiazole rings is 1. The summed E-state index contributed by atoms with van der Waals surface area (Å²) in [6, 6.07) is 60.8. The highest BCUT2D eigenvalue weighted by Gasteiger charge is 2.24. The van der Waals surface area contributed by atoms with Crippen LogP contribution in [0, 0.1) is 27.7 Å². The van der Waals surface area contributed by atoms with Crippen LogP contribution in [0.5, 0.6) is 23.0 Å². The first-order chi connectivity index (χ1) is 58.5. The summed E-state index contributed by atoms with van der Waals surface area (Å²) in [6.07, 6.45) is 20.2. The first-order valence-electron chi connectivity index (χ1n) is 38.0. The zero-order valence-electron chi connectivity index (χ0n) is 66.6. The van der Waals surface area contributed by atoms with E-state index in [0.717, 1.165) is 75.0 Å². The van der Waals surface area contributed by atoms with E-state index in [9.17, 15) is 24.0 Å². The van der Waals surface area contributed by atoms with E-state index in [1.807, 2.05) is 230 Å². The van der Waals surface area contributed by atoms with Crippen molar-refractivity contribution in [2.75, 3.05) is 44.5 Å². The Balaban J connectivity index is 0.000000138. The minimum Gasteiger partial charge on any atom is -0.484 e. The van der Waals surface area contributed by atoms with Crippen molar-refractivity contribution in [3.05, 3.63) is 345 Å². The number of aryl methyl sites for hydroxylation is 4. The monoisotopic (exact) mass is 1710 g/mol. The number of ether oxygens (including phenoxy) is 4. The van der Waals surface area contributed by atoms with E-state index in [2.05, 4.69) is 71.8 Å². The molecule has 5 amide bonds. The molecule has 1 aliphatic rings. The fourth-order valence-electron chi connectivity index (χ4n) is 11.6. The molecule has 29 heteroatoms. The van der Waals surface area contributed by atoms with Gasteiger partial charge in [0.05, 0.1) is 63.2 Å². The molecule has 0 fully saturated rings. The molecule has 120 heavy (non-hydrogen) atoms. The summed E-state index contributed by atoms with van der Waals surface area (Å²) >= 11 is 9.57. The van der Waals surface area contributed by atoms with Crippen LogP contribution in [0.4, 0.5) is 28.3 Å². The lowest BCUT2D eigenvalue weighted by Gasteiger charge is -2.21. The number of aromatic nitrogens is 9. The largest absolute Gasteiger partial charge is 0.484 e. The first kappa shape index (κ1) is 86.2. The molecule has 0 saturated heterocycles. The fourth-order valence-corrected chi connectivity index (χ4v) is 15.7. The van der Waals surface area contributed by atoms with Crippen LogP contribution in [0.25, 0.3) is 18.2 Å². The van der Waals surface area contributed by atoms with Gasteiger partial charge in [-0.1, -0.05) is 140 Å². The third-order valence-electron chi connectivity index (χ3n) is 18.0. The van der Waals surface area contributed by atoms with Gasteiger partial charge in [0.2, 0.25) is 6.79 Å². The number of thiophene rings is 5. The summed E-state index contributed by atoms with van der Waals surface area (Å²) in [4.78, 5) is 81.6. The van der Waals surface area contributed by atoms with Crippen LogP contribution in [0.3, 0.4) is 0 Å². The van der Waals surface area contributed by atoms with Crippen molar-refractivity contribution in [3.63, 3.8) is 0 Å². The predicted octanol–water partition coefficient (Wildman–Crippen LogP) is 20.1. The molecule has 1 aliphatic heterocycles. The molecule has 10 aromatic heterocycles. The summed E-state index contributed by atoms with van der Waals surface area (Å²) in [7, 11) is 0. The Kier molecular flexibility index (Phi) is 31.9. The van der Waals surface area contributed by atoms with E-state index in [-0.39, 0.29) is 49.5 Å². The molecule has 0 saturated carbocycles. The van der Waals surface area contributed by atoms with E-state index < -0.39 is 0 Å². The summed E-state index contributed by atoms with van der Waals surface area (Å²) in [5.74, 6) is 4.74. The number of amides is 5. The quantitative estimate of drug-likeness (QED) is 0.0332. The molecule has 0 atom stereocenters. The van der Waals surface area contributed by atoms with Crippen molar-refractivity contribution in [2.24, 2.45) is 0 Å². The molecule has 23 nitrogen and oxygen atoms in total. The Morgan fingerprint density at radius 1 is 0.425 bits per heavy atom. The fraction of sp³-hybridized carbons (Fsp3) is 0.165. The Morgan fingerprint density at radius 3 is 1.30 bits per heavy atom. The van der Waals surface area contributed by atoms with Crippen molar-refractivity contribution >= 4 is 144 Å². The minimum absolute atomic E-state index is 0.00594. The molecule has 0 spiro atoms. The molecule has 0 bridgehead atoms. The zero-order valence-corrected chi connectivity index (χ0v) is 71.5. The van der Waals surface area contributed by atoms with E-state index in [0.29, 0.717) is 72.7 Å². The lowest BCUT2D eigenvalue weighted by atomic mass is 10.0. The number of hydrogen-bond donors (Lipinski definition) is 4. The molecule has 11 heterocycles. The Hall–Kier alpha value is -13.2. The van der Waals surface area contributed by atoms with Crippen molar-refractivity contribution in [3.8, 4) is 23.0 Å². The molecule has 4 N–H and O–H groups in total. The standard InChI is InChI=1S/C20H23N3O2S.C18H15N3O3S.2C18H17N3OS.C17H16N2O2S2/c1-14(2)17-7-6-15(3)11-18(17)25-13-20(24)23(19-8-9-21-22-19)12-16-5-4-10-26-16;22-18(6-4-13-3-5-15-16(10-13)24-12-23-15)21(17-7-8-19-20-17)11-14-2-1-9-25-14;1-14-4-6-15(7-5-14)8-9-18(22)21(17-10-11-19-20-17)13-16-3-2-12-23-16;1-14-4-6-15(7-5-14)8-9-18(22)21(16-11-19-20-12-16)13-17-3-2-10-23-17;1-13-4-6-14(7-5-13)21-12-16(20)19(17-18-8-10-23-17)11-15-3-2-9-22-15/h4-11,14H,12-13H2,1-3H3,(H,21,22);1-10H,11-12H2,(H,19,20);2*2-12H,13H2,1H3,(H,19,20);2-10H,11-12H2,1H3/b;6-4+;2*9-8+;. The number of aromatic amines is 4. The van der Waals surface area contributed by atoms with E-state index in [1.54, 1.807) is 161 Å². The Labute approximate surface area is 719 Å². The van der Waals surface area contributed by atoms with Gasteiger partial charge in [0, 0.05) is 78.6 Å². The van der Waals surface area contributed by atoms with Crippen LogP contribution in [0.2, 0.25) is 0 Å². The van der Waals surface area contributed by atoms with Gasteiger partial charge in [0.25, 0.3) is 29.5 Å². The van der Waals surface area contributed by atoms with Gasteiger partial charge >= 0.3 is 0 Å². The second kappa shape index (κ2) is 44.4. The maximum atomic E-state index is 12.9. The number of fused-ring (bicyclic) bond motifs is 1. The van der Waals surface area contributed by atoms with Crippen LogP contribution < -0.4 is 43.4 Å². The van der Waals surface area contributed by atoms with Gasteiger partial charge in [-0.25, -0.2) is 4.98 Å². The van der Waals surface area contributed by atoms with E-state index >= 15 is 0 Å². The average molecular weight is 1710 g/mol. The van der Waals surface area contributed by atoms with Crippen LogP contribution >= 0.6 is 68.0 Å². The second-order valence-corrected chi connectivity index (χ2v) is 33.3. The summed E-state index contributed by atoms with van der Waals surface area (Å²) in [5, 5.41) is 39.7. The molecule has 0 aliphatic carbocycles. The number of carbonyl (C=O) groups excluding carboxylic acids is 5. The van der Waals surface area contributed by atoms with Crippen LogP contribution in [0.1, 0.15) is 88.7 Å². The number of nitrogens with zero attached hydrogens (tertiary/aromatic N) is 10. The number of benzene rings is 5. The van der Waals surface area contributed by atoms with Crippen molar-refractivity contribution in [1.29, 1.82) is 0 Å².